The van der Waals surface area contributed by atoms with Gasteiger partial charge in [-0.2, -0.15) is 5.10 Å². The first-order chi connectivity index (χ1) is 17.6. The molecule has 0 radical (unpaired) electrons. The quantitative estimate of drug-likeness (QED) is 0.508. The summed E-state index contributed by atoms with van der Waals surface area (Å²) < 4.78 is 2.10. The number of imidazole rings is 1. The van der Waals surface area contributed by atoms with Crippen LogP contribution < -0.4 is 10.3 Å². The Balaban J connectivity index is 1.16. The number of piperidine rings is 1. The summed E-state index contributed by atoms with van der Waals surface area (Å²) in [5.41, 5.74) is 10.0. The van der Waals surface area contributed by atoms with E-state index in [4.69, 9.17) is 33.2 Å². The molecule has 1 N–H and O–H groups in total. The Morgan fingerprint density at radius 2 is 2.00 bits per heavy atom. The van der Waals surface area contributed by atoms with E-state index in [1.807, 2.05) is 24.7 Å². The van der Waals surface area contributed by atoms with Crippen LogP contribution >= 0.6 is 23.2 Å². The van der Waals surface area contributed by atoms with Crippen LogP contribution in [0.3, 0.4) is 0 Å². The molecule has 1 fully saturated rings. The number of rotatable bonds is 3. The van der Waals surface area contributed by atoms with Crippen LogP contribution in [-0.2, 0) is 19.3 Å². The molecule has 3 aromatic rings. The SMILES string of the molecule is CCc1cccc2c1CC1(CCN(c3nccn4c(C5=C(Cl)C6C(Cl)=NNC6C=C5)ncc34)CC1)C2. The standard InChI is InChI=1S/C28H28Cl2N6/c1-2-17-4-3-5-18-14-28(15-20(17)18)8-11-35(12-9-28)27-22-16-32-26(36(22)13-10-31-27)19-6-7-21-23(24(19)29)25(30)34-33-21/h3-7,10,13,16,21,23,33H,2,8-9,11-12,14-15H2,1H3. The lowest BCUT2D eigenvalue weighted by atomic mass is 9.76. The molecule has 0 bridgehead atoms. The van der Waals surface area contributed by atoms with Gasteiger partial charge < -0.3 is 10.3 Å². The Labute approximate surface area is 220 Å². The van der Waals surface area contributed by atoms with E-state index in [9.17, 15) is 0 Å². The van der Waals surface area contributed by atoms with Crippen LogP contribution in [0.5, 0.6) is 0 Å². The minimum atomic E-state index is -0.163. The number of benzene rings is 1. The monoisotopic (exact) mass is 518 g/mol. The molecule has 4 aliphatic rings. The van der Waals surface area contributed by atoms with Crippen molar-refractivity contribution in [1.29, 1.82) is 0 Å². The van der Waals surface area contributed by atoms with Crippen LogP contribution in [0.15, 0.2) is 59.1 Å². The van der Waals surface area contributed by atoms with E-state index in [0.29, 0.717) is 15.6 Å². The second-order valence-electron chi connectivity index (χ2n) is 10.5. The van der Waals surface area contributed by atoms with Gasteiger partial charge in [-0.15, -0.1) is 0 Å². The molecule has 2 aliphatic heterocycles. The molecule has 2 atom stereocenters. The molecule has 1 saturated heterocycles. The fourth-order valence-electron chi connectivity index (χ4n) is 6.63. The molecule has 36 heavy (non-hydrogen) atoms. The highest BCUT2D eigenvalue weighted by Gasteiger charge is 2.41. The Kier molecular flexibility index (Phi) is 5.19. The molecule has 2 aromatic heterocycles. The summed E-state index contributed by atoms with van der Waals surface area (Å²) in [7, 11) is 0. The highest BCUT2D eigenvalue weighted by atomic mass is 35.5. The summed E-state index contributed by atoms with van der Waals surface area (Å²) in [6.45, 7) is 4.29. The van der Waals surface area contributed by atoms with Crippen LogP contribution in [-0.4, -0.2) is 38.7 Å². The van der Waals surface area contributed by atoms with E-state index in [2.05, 4.69) is 51.0 Å². The van der Waals surface area contributed by atoms with Crippen molar-refractivity contribution in [3.8, 4) is 0 Å². The third-order valence-corrected chi connectivity index (χ3v) is 9.37. The number of fused-ring (bicyclic) bond motifs is 3. The van der Waals surface area contributed by atoms with Crippen molar-refractivity contribution in [3.63, 3.8) is 0 Å². The van der Waals surface area contributed by atoms with Gasteiger partial charge in [-0.3, -0.25) is 4.40 Å². The summed E-state index contributed by atoms with van der Waals surface area (Å²) in [6.07, 6.45) is 15.7. The van der Waals surface area contributed by atoms with Gasteiger partial charge in [-0.25, -0.2) is 9.97 Å². The summed E-state index contributed by atoms with van der Waals surface area (Å²) in [6, 6.07) is 6.88. The van der Waals surface area contributed by atoms with Crippen molar-refractivity contribution in [2.45, 2.75) is 45.1 Å². The van der Waals surface area contributed by atoms with Crippen LogP contribution in [0.1, 0.15) is 42.3 Å². The molecule has 4 heterocycles. The van der Waals surface area contributed by atoms with E-state index in [1.54, 1.807) is 11.1 Å². The highest BCUT2D eigenvalue weighted by molar-refractivity contribution is 6.67. The number of aromatic nitrogens is 3. The predicted octanol–water partition coefficient (Wildman–Crippen LogP) is 5.34. The topological polar surface area (TPSA) is 57.8 Å². The lowest BCUT2D eigenvalue weighted by Gasteiger charge is -2.40. The van der Waals surface area contributed by atoms with Crippen molar-refractivity contribution in [1.82, 2.24) is 19.8 Å². The van der Waals surface area contributed by atoms with Gasteiger partial charge in [0.05, 0.1) is 18.2 Å². The van der Waals surface area contributed by atoms with Crippen LogP contribution in [0.2, 0.25) is 0 Å². The van der Waals surface area contributed by atoms with Crippen molar-refractivity contribution in [3.05, 3.63) is 76.5 Å². The molecule has 2 unspecified atom stereocenters. The van der Waals surface area contributed by atoms with Gasteiger partial charge in [0.25, 0.3) is 0 Å². The first kappa shape index (κ1) is 22.4. The normalized spacial score (nSPS) is 24.3. The minimum absolute atomic E-state index is 0.00648. The van der Waals surface area contributed by atoms with E-state index < -0.39 is 0 Å². The van der Waals surface area contributed by atoms with Crippen LogP contribution in [0.25, 0.3) is 11.1 Å². The van der Waals surface area contributed by atoms with Gasteiger partial charge in [0.2, 0.25) is 0 Å². The number of anilines is 1. The number of aryl methyl sites for hydroxylation is 1. The van der Waals surface area contributed by atoms with E-state index in [1.165, 1.54) is 31.2 Å². The number of hydrogen-bond acceptors (Lipinski definition) is 5. The number of hydrogen-bond donors (Lipinski definition) is 1. The molecule has 7 rings (SSSR count). The van der Waals surface area contributed by atoms with Crippen LogP contribution in [0, 0.1) is 11.3 Å². The van der Waals surface area contributed by atoms with Crippen molar-refractivity contribution < 1.29 is 0 Å². The molecule has 1 aromatic carbocycles. The number of hydrazone groups is 1. The Hall–Kier alpha value is -2.83. The second kappa shape index (κ2) is 8.35. The maximum absolute atomic E-state index is 6.83. The molecule has 1 spiro atoms. The van der Waals surface area contributed by atoms with Crippen molar-refractivity contribution in [2.75, 3.05) is 18.0 Å². The lowest BCUT2D eigenvalue weighted by molar-refractivity contribution is 0.232. The van der Waals surface area contributed by atoms with Crippen molar-refractivity contribution in [2.24, 2.45) is 16.4 Å². The summed E-state index contributed by atoms with van der Waals surface area (Å²) >= 11 is 13.2. The zero-order chi connectivity index (χ0) is 24.4. The molecule has 0 amide bonds. The molecule has 0 saturated carbocycles. The van der Waals surface area contributed by atoms with Gasteiger partial charge in [-0.1, -0.05) is 60.5 Å². The van der Waals surface area contributed by atoms with Gasteiger partial charge in [0, 0.05) is 36.1 Å². The Morgan fingerprint density at radius 3 is 2.83 bits per heavy atom. The van der Waals surface area contributed by atoms with Gasteiger partial charge in [-0.05, 0) is 54.2 Å². The fourth-order valence-corrected chi connectivity index (χ4v) is 7.37. The maximum atomic E-state index is 6.83. The molecule has 184 valence electrons. The molecule has 8 heteroatoms. The number of nitrogens with zero attached hydrogens (tertiary/aromatic N) is 5. The summed E-state index contributed by atoms with van der Waals surface area (Å²) in [5, 5.41) is 5.31. The second-order valence-corrected chi connectivity index (χ2v) is 11.3. The fraction of sp³-hybridized carbons (Fsp3) is 0.393. The molecule has 6 nitrogen and oxygen atoms in total. The largest absolute Gasteiger partial charge is 0.355 e. The Bertz CT molecular complexity index is 1460. The predicted molar refractivity (Wildman–Crippen MR) is 146 cm³/mol. The lowest BCUT2D eigenvalue weighted by Crippen LogP contribution is -2.41. The van der Waals surface area contributed by atoms with E-state index >= 15 is 0 Å². The molecule has 2 aliphatic carbocycles. The smallest absolute Gasteiger partial charge is 0.154 e. The first-order valence-electron chi connectivity index (χ1n) is 12.8. The number of halogens is 2. The zero-order valence-electron chi connectivity index (χ0n) is 20.2. The minimum Gasteiger partial charge on any atom is -0.355 e. The third-order valence-electron chi connectivity index (χ3n) is 8.61. The first-order valence-corrected chi connectivity index (χ1v) is 13.6. The average Bonchev–Trinajstić information content (AvgIpc) is 3.60. The maximum Gasteiger partial charge on any atom is 0.154 e. The molecular weight excluding hydrogens is 491 g/mol. The average molecular weight is 519 g/mol. The van der Waals surface area contributed by atoms with Gasteiger partial charge in [0.1, 0.15) is 16.5 Å². The third kappa shape index (κ3) is 3.34. The van der Waals surface area contributed by atoms with Crippen molar-refractivity contribution >= 4 is 45.3 Å². The molecular formula is C28H28Cl2N6. The number of nitrogens with one attached hydrogen (secondary N) is 1. The zero-order valence-corrected chi connectivity index (χ0v) is 21.7. The van der Waals surface area contributed by atoms with E-state index in [-0.39, 0.29) is 12.0 Å². The number of allylic oxidation sites excluding steroid dienone is 2. The van der Waals surface area contributed by atoms with Gasteiger partial charge >= 0.3 is 0 Å². The summed E-state index contributed by atoms with van der Waals surface area (Å²) in [4.78, 5) is 12.0. The van der Waals surface area contributed by atoms with Gasteiger partial charge in [0.15, 0.2) is 5.82 Å². The Morgan fingerprint density at radius 1 is 1.14 bits per heavy atom. The highest BCUT2D eigenvalue weighted by Crippen LogP contribution is 2.46. The van der Waals surface area contributed by atoms with Crippen LogP contribution in [0.4, 0.5) is 5.82 Å². The van der Waals surface area contributed by atoms with E-state index in [0.717, 1.165) is 42.2 Å². The summed E-state index contributed by atoms with van der Waals surface area (Å²) in [5.74, 6) is 1.63.